The summed E-state index contributed by atoms with van der Waals surface area (Å²) >= 11 is 0. The molecule has 86 valence electrons. The average molecular weight is 212 g/mol. The maximum atomic E-state index is 11.4. The molecule has 1 amide bonds. The highest BCUT2D eigenvalue weighted by molar-refractivity contribution is 5.87. The molecule has 2 rings (SSSR count). The topological polar surface area (TPSA) is 52.8 Å². The molecular formula is C10H20N4O. The molecule has 5 heteroatoms. The van der Waals surface area contributed by atoms with E-state index in [4.69, 9.17) is 5.73 Å². The van der Waals surface area contributed by atoms with Gasteiger partial charge in [-0.3, -0.25) is 9.69 Å². The average Bonchev–Trinajstić information content (AvgIpc) is 2.22. The van der Waals surface area contributed by atoms with E-state index in [9.17, 15) is 4.79 Å². The first-order valence-electron chi connectivity index (χ1n) is 5.51. The molecule has 2 aliphatic rings. The van der Waals surface area contributed by atoms with Gasteiger partial charge in [0.25, 0.3) is 0 Å². The number of hydrogen-bond acceptors (Lipinski definition) is 4. The van der Waals surface area contributed by atoms with Crippen molar-refractivity contribution in [1.82, 2.24) is 14.7 Å². The monoisotopic (exact) mass is 212 g/mol. The lowest BCUT2D eigenvalue weighted by Crippen LogP contribution is -2.65. The predicted octanol–water partition coefficient (Wildman–Crippen LogP) is -1.60. The fourth-order valence-corrected chi connectivity index (χ4v) is 2.25. The van der Waals surface area contributed by atoms with Gasteiger partial charge < -0.3 is 15.5 Å². The Morgan fingerprint density at radius 1 is 1.33 bits per heavy atom. The quantitative estimate of drug-likeness (QED) is 0.560. The van der Waals surface area contributed by atoms with E-state index in [1.54, 1.807) is 0 Å². The van der Waals surface area contributed by atoms with Crippen LogP contribution in [0.15, 0.2) is 0 Å². The van der Waals surface area contributed by atoms with Crippen LogP contribution in [0.3, 0.4) is 0 Å². The van der Waals surface area contributed by atoms with Crippen molar-refractivity contribution in [2.24, 2.45) is 5.73 Å². The second-order valence-corrected chi connectivity index (χ2v) is 4.75. The van der Waals surface area contributed by atoms with Gasteiger partial charge in [0.2, 0.25) is 5.91 Å². The van der Waals surface area contributed by atoms with Crippen LogP contribution >= 0.6 is 0 Å². The van der Waals surface area contributed by atoms with Crippen LogP contribution < -0.4 is 5.73 Å². The Morgan fingerprint density at radius 2 is 2.07 bits per heavy atom. The minimum atomic E-state index is -0.239. The number of likely N-dealkylation sites (tertiary alicyclic amines) is 1. The molecule has 2 heterocycles. The molecule has 15 heavy (non-hydrogen) atoms. The minimum absolute atomic E-state index is 0.108. The van der Waals surface area contributed by atoms with Crippen LogP contribution in [0.5, 0.6) is 0 Å². The van der Waals surface area contributed by atoms with Crippen LogP contribution in [0.2, 0.25) is 0 Å². The van der Waals surface area contributed by atoms with Gasteiger partial charge in [-0.2, -0.15) is 0 Å². The summed E-state index contributed by atoms with van der Waals surface area (Å²) in [4.78, 5) is 17.9. The molecule has 2 N–H and O–H groups in total. The third-order valence-electron chi connectivity index (χ3n) is 3.46. The Labute approximate surface area is 90.8 Å². The van der Waals surface area contributed by atoms with E-state index in [1.807, 2.05) is 4.90 Å². The number of nitrogens with zero attached hydrogens (tertiary/aromatic N) is 3. The van der Waals surface area contributed by atoms with E-state index in [0.717, 1.165) is 32.7 Å². The molecule has 2 unspecified atom stereocenters. The van der Waals surface area contributed by atoms with Gasteiger partial charge in [0, 0.05) is 38.8 Å². The summed E-state index contributed by atoms with van der Waals surface area (Å²) < 4.78 is 0. The van der Waals surface area contributed by atoms with E-state index >= 15 is 0 Å². The SMILES string of the molecule is CN1CCN(C)C(CN2CC(N)C2=O)C1. The molecule has 0 aromatic heterocycles. The van der Waals surface area contributed by atoms with Crippen molar-refractivity contribution in [3.8, 4) is 0 Å². The molecule has 0 aliphatic carbocycles. The van der Waals surface area contributed by atoms with Gasteiger partial charge in [0.1, 0.15) is 6.04 Å². The fourth-order valence-electron chi connectivity index (χ4n) is 2.25. The van der Waals surface area contributed by atoms with Crippen LogP contribution in [-0.2, 0) is 4.79 Å². The highest BCUT2D eigenvalue weighted by Gasteiger charge is 2.36. The van der Waals surface area contributed by atoms with Crippen LogP contribution in [0.1, 0.15) is 0 Å². The summed E-state index contributed by atoms with van der Waals surface area (Å²) in [7, 11) is 4.26. The minimum Gasteiger partial charge on any atom is -0.338 e. The lowest BCUT2D eigenvalue weighted by molar-refractivity contribution is -0.143. The van der Waals surface area contributed by atoms with Gasteiger partial charge in [-0.05, 0) is 14.1 Å². The number of likely N-dealkylation sites (N-methyl/N-ethyl adjacent to an activating group) is 2. The molecule has 2 atom stereocenters. The van der Waals surface area contributed by atoms with Crippen molar-refractivity contribution < 1.29 is 4.79 Å². The Bertz CT molecular complexity index is 258. The molecule has 0 radical (unpaired) electrons. The zero-order chi connectivity index (χ0) is 11.0. The molecule has 0 aromatic rings. The largest absolute Gasteiger partial charge is 0.338 e. The third kappa shape index (κ3) is 2.14. The lowest BCUT2D eigenvalue weighted by atomic mass is 10.1. The first kappa shape index (κ1) is 10.9. The Hall–Kier alpha value is -0.650. The van der Waals surface area contributed by atoms with Crippen molar-refractivity contribution >= 4 is 5.91 Å². The number of nitrogens with two attached hydrogens (primary N) is 1. The maximum absolute atomic E-state index is 11.4. The summed E-state index contributed by atoms with van der Waals surface area (Å²) in [6, 6.07) is 0.219. The summed E-state index contributed by atoms with van der Waals surface area (Å²) in [6.07, 6.45) is 0. The highest BCUT2D eigenvalue weighted by atomic mass is 16.2. The van der Waals surface area contributed by atoms with Crippen molar-refractivity contribution in [3.63, 3.8) is 0 Å². The molecule has 2 saturated heterocycles. The molecular weight excluding hydrogens is 192 g/mol. The van der Waals surface area contributed by atoms with Crippen molar-refractivity contribution in [2.75, 3.05) is 46.8 Å². The van der Waals surface area contributed by atoms with Crippen molar-refractivity contribution in [3.05, 3.63) is 0 Å². The molecule has 0 saturated carbocycles. The molecule has 2 aliphatic heterocycles. The maximum Gasteiger partial charge on any atom is 0.241 e. The van der Waals surface area contributed by atoms with Gasteiger partial charge in [-0.15, -0.1) is 0 Å². The molecule has 0 spiro atoms. The number of β-lactam (4-membered cyclic amide) rings is 1. The van der Waals surface area contributed by atoms with Crippen molar-refractivity contribution in [2.45, 2.75) is 12.1 Å². The molecule has 5 nitrogen and oxygen atoms in total. The van der Waals surface area contributed by atoms with Gasteiger partial charge in [0.15, 0.2) is 0 Å². The smallest absolute Gasteiger partial charge is 0.241 e. The summed E-state index contributed by atoms with van der Waals surface area (Å²) in [6.45, 7) is 4.78. The van der Waals surface area contributed by atoms with Crippen molar-refractivity contribution in [1.29, 1.82) is 0 Å². The van der Waals surface area contributed by atoms with Gasteiger partial charge >= 0.3 is 0 Å². The first-order chi connectivity index (χ1) is 7.08. The summed E-state index contributed by atoms with van der Waals surface area (Å²) in [5.41, 5.74) is 5.56. The highest BCUT2D eigenvalue weighted by Crippen LogP contribution is 2.13. The van der Waals surface area contributed by atoms with E-state index < -0.39 is 0 Å². The first-order valence-corrected chi connectivity index (χ1v) is 5.51. The molecule has 0 aromatic carbocycles. The van der Waals surface area contributed by atoms with E-state index in [-0.39, 0.29) is 11.9 Å². The van der Waals surface area contributed by atoms with Crippen LogP contribution in [0.4, 0.5) is 0 Å². The third-order valence-corrected chi connectivity index (χ3v) is 3.46. The lowest BCUT2D eigenvalue weighted by Gasteiger charge is -2.44. The van der Waals surface area contributed by atoms with Crippen LogP contribution in [0.25, 0.3) is 0 Å². The zero-order valence-corrected chi connectivity index (χ0v) is 9.52. The molecule has 2 fully saturated rings. The Balaban J connectivity index is 1.85. The van der Waals surface area contributed by atoms with E-state index in [2.05, 4.69) is 23.9 Å². The van der Waals surface area contributed by atoms with Gasteiger partial charge in [-0.25, -0.2) is 0 Å². The standard InChI is InChI=1S/C10H20N4O/c1-12-3-4-13(2)8(5-12)6-14-7-9(11)10(14)15/h8-9H,3-7,11H2,1-2H3. The number of amides is 1. The zero-order valence-electron chi connectivity index (χ0n) is 9.52. The molecule has 0 bridgehead atoms. The number of carbonyl (C=O) groups is 1. The summed E-state index contributed by atoms with van der Waals surface area (Å²) in [5.74, 6) is 0.108. The number of carbonyl (C=O) groups excluding carboxylic acids is 1. The van der Waals surface area contributed by atoms with Crippen LogP contribution in [0, 0.1) is 0 Å². The van der Waals surface area contributed by atoms with E-state index in [0.29, 0.717) is 6.04 Å². The second kappa shape index (κ2) is 4.08. The van der Waals surface area contributed by atoms with E-state index in [1.165, 1.54) is 0 Å². The number of rotatable bonds is 2. The summed E-state index contributed by atoms with van der Waals surface area (Å²) in [5, 5.41) is 0. The Kier molecular flexibility index (Phi) is 2.95. The van der Waals surface area contributed by atoms with Gasteiger partial charge in [-0.1, -0.05) is 0 Å². The number of hydrogen-bond donors (Lipinski definition) is 1. The fraction of sp³-hybridized carbons (Fsp3) is 0.900. The number of piperazine rings is 1. The Morgan fingerprint density at radius 3 is 2.67 bits per heavy atom. The normalized spacial score (nSPS) is 34.3. The van der Waals surface area contributed by atoms with Crippen LogP contribution in [-0.4, -0.2) is 79.5 Å². The van der Waals surface area contributed by atoms with Gasteiger partial charge in [0.05, 0.1) is 0 Å². The predicted molar refractivity (Wildman–Crippen MR) is 58.5 cm³/mol. The second-order valence-electron chi connectivity index (χ2n) is 4.75.